The van der Waals surface area contributed by atoms with E-state index in [9.17, 15) is 4.79 Å². The Kier molecular flexibility index (Phi) is 5.86. The zero-order valence-corrected chi connectivity index (χ0v) is 13.2. The Bertz CT molecular complexity index is 478. The van der Waals surface area contributed by atoms with Crippen LogP contribution in [-0.4, -0.2) is 25.8 Å². The smallest absolute Gasteiger partial charge is 0.302 e. The van der Waals surface area contributed by atoms with Crippen molar-refractivity contribution in [3.63, 3.8) is 0 Å². The van der Waals surface area contributed by atoms with Crippen LogP contribution in [0.5, 0.6) is 11.5 Å². The Morgan fingerprint density at radius 2 is 1.90 bits per heavy atom. The lowest BCUT2D eigenvalue weighted by Crippen LogP contribution is -2.10. The molecule has 4 heteroatoms. The maximum Gasteiger partial charge on any atom is 0.302 e. The highest BCUT2D eigenvalue weighted by molar-refractivity contribution is 5.65. The van der Waals surface area contributed by atoms with Gasteiger partial charge in [0, 0.05) is 13.3 Å². The zero-order chi connectivity index (χ0) is 15.3. The van der Waals surface area contributed by atoms with E-state index in [2.05, 4.69) is 0 Å². The summed E-state index contributed by atoms with van der Waals surface area (Å²) in [6.45, 7) is 9.84. The van der Waals surface area contributed by atoms with Crippen LogP contribution in [0.25, 0.3) is 0 Å². The molecule has 1 rings (SSSR count). The molecule has 0 aliphatic carbocycles. The molecule has 1 aromatic rings. The first-order valence-corrected chi connectivity index (χ1v) is 6.83. The van der Waals surface area contributed by atoms with Crippen molar-refractivity contribution in [3.8, 4) is 11.5 Å². The lowest BCUT2D eigenvalue weighted by atomic mass is 9.99. The molecule has 0 aliphatic heterocycles. The Labute approximate surface area is 121 Å². The fraction of sp³-hybridized carbons (Fsp3) is 0.562. The second kappa shape index (κ2) is 7.17. The summed E-state index contributed by atoms with van der Waals surface area (Å²) in [5, 5.41) is 0. The number of esters is 1. The van der Waals surface area contributed by atoms with Gasteiger partial charge in [0.15, 0.2) is 11.5 Å². The number of rotatable bonds is 6. The van der Waals surface area contributed by atoms with E-state index in [4.69, 9.17) is 14.2 Å². The quantitative estimate of drug-likeness (QED) is 0.751. The van der Waals surface area contributed by atoms with Crippen molar-refractivity contribution in [2.45, 2.75) is 47.1 Å². The van der Waals surface area contributed by atoms with E-state index in [1.165, 1.54) is 6.92 Å². The predicted octanol–water partition coefficient (Wildman–Crippen LogP) is 3.20. The standard InChI is InChI=1S/C16H24O4/c1-10(2)20-16-12(4)11(3)14(9-15(16)18-6)7-8-19-13(5)17/h9-10H,7-8H2,1-6H3. The number of carbonyl (C=O) groups excluding carboxylic acids is 1. The third-order valence-corrected chi connectivity index (χ3v) is 3.16. The number of hydrogen-bond donors (Lipinski definition) is 0. The Hall–Kier alpha value is -1.71. The molecule has 0 saturated carbocycles. The van der Waals surface area contributed by atoms with Gasteiger partial charge in [0.1, 0.15) is 0 Å². The van der Waals surface area contributed by atoms with Gasteiger partial charge >= 0.3 is 5.97 Å². The highest BCUT2D eigenvalue weighted by atomic mass is 16.5. The van der Waals surface area contributed by atoms with Crippen LogP contribution in [0.3, 0.4) is 0 Å². The predicted molar refractivity (Wildman–Crippen MR) is 78.6 cm³/mol. The van der Waals surface area contributed by atoms with E-state index in [0.29, 0.717) is 13.0 Å². The first-order chi connectivity index (χ1) is 9.36. The first-order valence-electron chi connectivity index (χ1n) is 6.83. The van der Waals surface area contributed by atoms with Gasteiger partial charge in [0.2, 0.25) is 0 Å². The molecule has 0 amide bonds. The van der Waals surface area contributed by atoms with Crippen LogP contribution in [0.4, 0.5) is 0 Å². The van der Waals surface area contributed by atoms with Crippen molar-refractivity contribution in [2.75, 3.05) is 13.7 Å². The second-order valence-corrected chi connectivity index (χ2v) is 5.07. The summed E-state index contributed by atoms with van der Waals surface area (Å²) < 4.78 is 16.3. The van der Waals surface area contributed by atoms with Gasteiger partial charge in [0.25, 0.3) is 0 Å². The number of ether oxygens (including phenoxy) is 3. The third-order valence-electron chi connectivity index (χ3n) is 3.16. The minimum absolute atomic E-state index is 0.0916. The third kappa shape index (κ3) is 4.15. The average molecular weight is 280 g/mol. The number of hydrogen-bond acceptors (Lipinski definition) is 4. The van der Waals surface area contributed by atoms with Gasteiger partial charge in [-0.25, -0.2) is 0 Å². The molecule has 0 N–H and O–H groups in total. The van der Waals surface area contributed by atoms with E-state index in [1.807, 2.05) is 33.8 Å². The molecule has 0 aliphatic rings. The molecule has 4 nitrogen and oxygen atoms in total. The van der Waals surface area contributed by atoms with Crippen LogP contribution in [0.1, 0.15) is 37.5 Å². The average Bonchev–Trinajstić information content (AvgIpc) is 2.37. The van der Waals surface area contributed by atoms with Gasteiger partial charge in [-0.05, 0) is 50.5 Å². The van der Waals surface area contributed by atoms with E-state index >= 15 is 0 Å². The number of methoxy groups -OCH3 is 1. The molecular formula is C16H24O4. The van der Waals surface area contributed by atoms with Gasteiger partial charge in [0.05, 0.1) is 19.8 Å². The fourth-order valence-electron chi connectivity index (χ4n) is 2.03. The van der Waals surface area contributed by atoms with Gasteiger partial charge in [-0.1, -0.05) is 0 Å². The van der Waals surface area contributed by atoms with Gasteiger partial charge in [-0.15, -0.1) is 0 Å². The summed E-state index contributed by atoms with van der Waals surface area (Å²) >= 11 is 0. The van der Waals surface area contributed by atoms with Crippen molar-refractivity contribution in [3.05, 3.63) is 22.8 Å². The van der Waals surface area contributed by atoms with Gasteiger partial charge < -0.3 is 14.2 Å². The fourth-order valence-corrected chi connectivity index (χ4v) is 2.03. The molecule has 0 unspecified atom stereocenters. The maximum atomic E-state index is 10.8. The molecule has 0 bridgehead atoms. The lowest BCUT2D eigenvalue weighted by molar-refractivity contribution is -0.140. The molecule has 20 heavy (non-hydrogen) atoms. The monoisotopic (exact) mass is 280 g/mol. The van der Waals surface area contributed by atoms with Gasteiger partial charge in [-0.3, -0.25) is 4.79 Å². The van der Waals surface area contributed by atoms with Crippen molar-refractivity contribution in [1.29, 1.82) is 0 Å². The van der Waals surface area contributed by atoms with E-state index in [-0.39, 0.29) is 12.1 Å². The summed E-state index contributed by atoms with van der Waals surface area (Å²) in [5.74, 6) is 1.25. The molecule has 0 spiro atoms. The van der Waals surface area contributed by atoms with Crippen LogP contribution >= 0.6 is 0 Å². The SMILES string of the molecule is COc1cc(CCOC(C)=O)c(C)c(C)c1OC(C)C. The summed E-state index contributed by atoms with van der Waals surface area (Å²) in [6.07, 6.45) is 0.763. The minimum Gasteiger partial charge on any atom is -0.493 e. The van der Waals surface area contributed by atoms with E-state index < -0.39 is 0 Å². The topological polar surface area (TPSA) is 44.8 Å². The largest absolute Gasteiger partial charge is 0.493 e. The van der Waals surface area contributed by atoms with E-state index in [1.54, 1.807) is 7.11 Å². The summed E-state index contributed by atoms with van der Waals surface area (Å²) in [7, 11) is 1.63. The molecule has 0 heterocycles. The van der Waals surface area contributed by atoms with Crippen LogP contribution in [0.2, 0.25) is 0 Å². The summed E-state index contributed by atoms with van der Waals surface area (Å²) in [5.41, 5.74) is 3.32. The van der Waals surface area contributed by atoms with Crippen LogP contribution in [0, 0.1) is 13.8 Å². The van der Waals surface area contributed by atoms with Crippen LogP contribution < -0.4 is 9.47 Å². The molecule has 0 saturated heterocycles. The molecule has 0 atom stereocenters. The molecular weight excluding hydrogens is 256 g/mol. The summed E-state index contributed by atoms with van der Waals surface area (Å²) in [6, 6.07) is 1.96. The lowest BCUT2D eigenvalue weighted by Gasteiger charge is -2.20. The number of benzene rings is 1. The van der Waals surface area contributed by atoms with Gasteiger partial charge in [-0.2, -0.15) is 0 Å². The normalized spacial score (nSPS) is 10.6. The molecule has 0 aromatic heterocycles. The highest BCUT2D eigenvalue weighted by Crippen LogP contribution is 2.36. The Balaban J connectivity index is 3.03. The van der Waals surface area contributed by atoms with Crippen LogP contribution in [-0.2, 0) is 16.0 Å². The molecule has 0 radical (unpaired) electrons. The highest BCUT2D eigenvalue weighted by Gasteiger charge is 2.15. The van der Waals surface area contributed by atoms with Crippen molar-refractivity contribution < 1.29 is 19.0 Å². The molecule has 112 valence electrons. The van der Waals surface area contributed by atoms with Crippen molar-refractivity contribution >= 4 is 5.97 Å². The van der Waals surface area contributed by atoms with Crippen LogP contribution in [0.15, 0.2) is 6.07 Å². The Morgan fingerprint density at radius 1 is 1.25 bits per heavy atom. The van der Waals surface area contributed by atoms with Crippen molar-refractivity contribution in [1.82, 2.24) is 0 Å². The number of carbonyl (C=O) groups is 1. The second-order valence-electron chi connectivity index (χ2n) is 5.07. The minimum atomic E-state index is -0.258. The summed E-state index contributed by atoms with van der Waals surface area (Å²) in [4.78, 5) is 10.8. The van der Waals surface area contributed by atoms with Crippen molar-refractivity contribution in [2.24, 2.45) is 0 Å². The zero-order valence-electron chi connectivity index (χ0n) is 13.2. The molecule has 0 fully saturated rings. The first kappa shape index (κ1) is 16.3. The van der Waals surface area contributed by atoms with E-state index in [0.717, 1.165) is 28.2 Å². The maximum absolute atomic E-state index is 10.8. The molecule has 1 aromatic carbocycles. The Morgan fingerprint density at radius 3 is 2.40 bits per heavy atom.